The van der Waals surface area contributed by atoms with Gasteiger partial charge < -0.3 is 15.2 Å². The topological polar surface area (TPSA) is 71.5 Å². The maximum Gasteiger partial charge on any atom is 0.270 e. The average Bonchev–Trinajstić information content (AvgIpc) is 2.81. The molecule has 1 aliphatic rings. The van der Waals surface area contributed by atoms with Gasteiger partial charge in [0.2, 0.25) is 0 Å². The average molecular weight is 250 g/mol. The SMILES string of the molecule is COc1ccnc(C(=O)NCC2CCCC2O)c1. The number of amides is 1. The van der Waals surface area contributed by atoms with E-state index in [2.05, 4.69) is 10.3 Å². The van der Waals surface area contributed by atoms with Gasteiger partial charge in [-0.15, -0.1) is 0 Å². The molecule has 0 saturated heterocycles. The first kappa shape index (κ1) is 12.8. The Bertz CT molecular complexity index is 422. The first-order valence-corrected chi connectivity index (χ1v) is 6.17. The molecule has 1 aromatic heterocycles. The van der Waals surface area contributed by atoms with Gasteiger partial charge in [0.15, 0.2) is 0 Å². The molecule has 1 saturated carbocycles. The highest BCUT2D eigenvalue weighted by molar-refractivity contribution is 5.92. The van der Waals surface area contributed by atoms with Crippen molar-refractivity contribution in [2.24, 2.45) is 5.92 Å². The molecular weight excluding hydrogens is 232 g/mol. The number of methoxy groups -OCH3 is 1. The van der Waals surface area contributed by atoms with E-state index in [1.165, 1.54) is 6.20 Å². The summed E-state index contributed by atoms with van der Waals surface area (Å²) in [7, 11) is 1.55. The van der Waals surface area contributed by atoms with Crippen molar-refractivity contribution >= 4 is 5.91 Å². The first-order valence-electron chi connectivity index (χ1n) is 6.17. The number of rotatable bonds is 4. The normalized spacial score (nSPS) is 22.8. The highest BCUT2D eigenvalue weighted by Crippen LogP contribution is 2.24. The predicted molar refractivity (Wildman–Crippen MR) is 66.5 cm³/mol. The fourth-order valence-corrected chi connectivity index (χ4v) is 2.23. The monoisotopic (exact) mass is 250 g/mol. The van der Waals surface area contributed by atoms with Crippen LogP contribution in [-0.2, 0) is 0 Å². The van der Waals surface area contributed by atoms with Gasteiger partial charge in [-0.1, -0.05) is 6.42 Å². The molecule has 5 nitrogen and oxygen atoms in total. The molecule has 1 amide bonds. The van der Waals surface area contributed by atoms with E-state index < -0.39 is 0 Å². The van der Waals surface area contributed by atoms with Gasteiger partial charge in [-0.2, -0.15) is 0 Å². The summed E-state index contributed by atoms with van der Waals surface area (Å²) >= 11 is 0. The lowest BCUT2D eigenvalue weighted by Gasteiger charge is -2.14. The number of carbonyl (C=O) groups excluding carboxylic acids is 1. The summed E-state index contributed by atoms with van der Waals surface area (Å²) in [5.41, 5.74) is 0.335. The Balaban J connectivity index is 1.90. The molecule has 0 bridgehead atoms. The van der Waals surface area contributed by atoms with Crippen LogP contribution in [0.4, 0.5) is 0 Å². The molecule has 98 valence electrons. The van der Waals surface area contributed by atoms with E-state index >= 15 is 0 Å². The van der Waals surface area contributed by atoms with E-state index in [0.29, 0.717) is 18.0 Å². The van der Waals surface area contributed by atoms with Gasteiger partial charge in [-0.3, -0.25) is 9.78 Å². The van der Waals surface area contributed by atoms with Crippen LogP contribution in [0.15, 0.2) is 18.3 Å². The first-order chi connectivity index (χ1) is 8.70. The van der Waals surface area contributed by atoms with Crippen molar-refractivity contribution in [1.82, 2.24) is 10.3 Å². The molecule has 1 fully saturated rings. The largest absolute Gasteiger partial charge is 0.497 e. The second kappa shape index (κ2) is 5.82. The van der Waals surface area contributed by atoms with Crippen molar-refractivity contribution in [2.75, 3.05) is 13.7 Å². The zero-order valence-electron chi connectivity index (χ0n) is 10.4. The van der Waals surface area contributed by atoms with Crippen LogP contribution in [0.25, 0.3) is 0 Å². The summed E-state index contributed by atoms with van der Waals surface area (Å²) in [5, 5.41) is 12.5. The van der Waals surface area contributed by atoms with Crippen LogP contribution in [0.5, 0.6) is 5.75 Å². The van der Waals surface area contributed by atoms with Crippen molar-refractivity contribution in [3.05, 3.63) is 24.0 Å². The van der Waals surface area contributed by atoms with E-state index in [-0.39, 0.29) is 17.9 Å². The van der Waals surface area contributed by atoms with Crippen molar-refractivity contribution in [2.45, 2.75) is 25.4 Å². The summed E-state index contributed by atoms with van der Waals surface area (Å²) < 4.78 is 5.04. The molecule has 0 spiro atoms. The lowest BCUT2D eigenvalue weighted by Crippen LogP contribution is -2.32. The van der Waals surface area contributed by atoms with Gasteiger partial charge in [0.1, 0.15) is 11.4 Å². The maximum atomic E-state index is 11.9. The highest BCUT2D eigenvalue weighted by atomic mass is 16.5. The van der Waals surface area contributed by atoms with Crippen molar-refractivity contribution < 1.29 is 14.6 Å². The van der Waals surface area contributed by atoms with Crippen LogP contribution in [0.3, 0.4) is 0 Å². The van der Waals surface area contributed by atoms with Crippen LogP contribution in [0.2, 0.25) is 0 Å². The Hall–Kier alpha value is -1.62. The number of hydrogen-bond donors (Lipinski definition) is 2. The number of aliphatic hydroxyl groups is 1. The molecule has 0 radical (unpaired) electrons. The molecule has 1 aromatic rings. The van der Waals surface area contributed by atoms with E-state index in [9.17, 15) is 9.90 Å². The van der Waals surface area contributed by atoms with Gasteiger partial charge >= 0.3 is 0 Å². The summed E-state index contributed by atoms with van der Waals surface area (Å²) in [6, 6.07) is 3.29. The van der Waals surface area contributed by atoms with Crippen molar-refractivity contribution in [3.8, 4) is 5.75 Å². The van der Waals surface area contributed by atoms with Crippen LogP contribution in [0, 0.1) is 5.92 Å². The predicted octanol–water partition coefficient (Wildman–Crippen LogP) is 0.981. The number of pyridine rings is 1. The third kappa shape index (κ3) is 2.98. The Labute approximate surface area is 106 Å². The molecule has 2 unspecified atom stereocenters. The lowest BCUT2D eigenvalue weighted by molar-refractivity contribution is 0.0911. The van der Waals surface area contributed by atoms with E-state index in [1.807, 2.05) is 0 Å². The summed E-state index contributed by atoms with van der Waals surface area (Å²) in [6.07, 6.45) is 4.07. The second-order valence-electron chi connectivity index (χ2n) is 4.55. The van der Waals surface area contributed by atoms with Crippen LogP contribution in [-0.4, -0.2) is 35.8 Å². The molecule has 2 rings (SSSR count). The molecule has 18 heavy (non-hydrogen) atoms. The molecule has 5 heteroatoms. The number of nitrogens with one attached hydrogen (secondary N) is 1. The second-order valence-corrected chi connectivity index (χ2v) is 4.55. The van der Waals surface area contributed by atoms with Gasteiger partial charge in [-0.05, 0) is 18.9 Å². The number of nitrogens with zero attached hydrogens (tertiary/aromatic N) is 1. The third-order valence-electron chi connectivity index (χ3n) is 3.34. The van der Waals surface area contributed by atoms with E-state index in [4.69, 9.17) is 4.74 Å². The Kier molecular flexibility index (Phi) is 4.15. The zero-order valence-corrected chi connectivity index (χ0v) is 10.4. The van der Waals surface area contributed by atoms with Gasteiger partial charge in [-0.25, -0.2) is 0 Å². The van der Waals surface area contributed by atoms with Gasteiger partial charge in [0.25, 0.3) is 5.91 Å². The Morgan fingerprint density at radius 2 is 2.44 bits per heavy atom. The molecule has 2 N–H and O–H groups in total. The smallest absolute Gasteiger partial charge is 0.270 e. The maximum absolute atomic E-state index is 11.9. The molecular formula is C13H18N2O3. The zero-order chi connectivity index (χ0) is 13.0. The lowest BCUT2D eigenvalue weighted by atomic mass is 10.1. The van der Waals surface area contributed by atoms with Crippen molar-refractivity contribution in [3.63, 3.8) is 0 Å². The summed E-state index contributed by atoms with van der Waals surface area (Å²) in [5.74, 6) is 0.545. The molecule has 2 atom stereocenters. The van der Waals surface area contributed by atoms with Crippen LogP contribution in [0.1, 0.15) is 29.8 Å². The molecule has 0 aliphatic heterocycles. The molecule has 1 aliphatic carbocycles. The fourth-order valence-electron chi connectivity index (χ4n) is 2.23. The van der Waals surface area contributed by atoms with E-state index in [0.717, 1.165) is 19.3 Å². The molecule has 1 heterocycles. The minimum Gasteiger partial charge on any atom is -0.497 e. The number of aromatic nitrogens is 1. The number of aliphatic hydroxyl groups excluding tert-OH is 1. The summed E-state index contributed by atoms with van der Waals surface area (Å²) in [4.78, 5) is 15.9. The van der Waals surface area contributed by atoms with Gasteiger partial charge in [0, 0.05) is 24.7 Å². The Morgan fingerprint density at radius 3 is 3.11 bits per heavy atom. The number of hydrogen-bond acceptors (Lipinski definition) is 4. The quantitative estimate of drug-likeness (QED) is 0.835. The Morgan fingerprint density at radius 1 is 1.61 bits per heavy atom. The van der Waals surface area contributed by atoms with Gasteiger partial charge in [0.05, 0.1) is 13.2 Å². The third-order valence-corrected chi connectivity index (χ3v) is 3.34. The number of carbonyl (C=O) groups is 1. The van der Waals surface area contributed by atoms with Crippen LogP contribution < -0.4 is 10.1 Å². The minimum atomic E-state index is -0.288. The number of ether oxygens (including phenoxy) is 1. The summed E-state index contributed by atoms with van der Waals surface area (Å²) in [6.45, 7) is 0.499. The minimum absolute atomic E-state index is 0.166. The highest BCUT2D eigenvalue weighted by Gasteiger charge is 2.25. The van der Waals surface area contributed by atoms with E-state index in [1.54, 1.807) is 19.2 Å². The molecule has 0 aromatic carbocycles. The van der Waals surface area contributed by atoms with Crippen LogP contribution >= 0.6 is 0 Å². The standard InChI is InChI=1S/C13H18N2O3/c1-18-10-5-6-14-11(7-10)13(17)15-8-9-3-2-4-12(9)16/h5-7,9,12,16H,2-4,8H2,1H3,(H,15,17). The van der Waals surface area contributed by atoms with Crippen molar-refractivity contribution in [1.29, 1.82) is 0 Å². The fraction of sp³-hybridized carbons (Fsp3) is 0.538.